The molecule has 45 heavy (non-hydrogen) atoms. The van der Waals surface area contributed by atoms with Gasteiger partial charge in [0.05, 0.1) is 17.8 Å². The molecule has 0 radical (unpaired) electrons. The van der Waals surface area contributed by atoms with Gasteiger partial charge < -0.3 is 25.6 Å². The molecule has 1 amide bonds. The number of ether oxygens (including phenoxy) is 2. The highest BCUT2D eigenvalue weighted by Gasteiger charge is 2.30. The van der Waals surface area contributed by atoms with Crippen LogP contribution >= 0.6 is 0 Å². The Balaban J connectivity index is 0.000000359. The first kappa shape index (κ1) is 34.6. The van der Waals surface area contributed by atoms with Gasteiger partial charge in [0.25, 0.3) is 5.91 Å². The van der Waals surface area contributed by atoms with Crippen LogP contribution in [0.2, 0.25) is 0 Å². The van der Waals surface area contributed by atoms with Crippen molar-refractivity contribution in [1.82, 2.24) is 19.9 Å². The average molecular weight is 626 g/mol. The van der Waals surface area contributed by atoms with Gasteiger partial charge in [0.15, 0.2) is 11.3 Å². The molecule has 11 nitrogen and oxygen atoms in total. The van der Waals surface area contributed by atoms with Crippen LogP contribution in [0, 0.1) is 6.92 Å². The normalized spacial score (nSPS) is 13.7. The Kier molecular flexibility index (Phi) is 10.9. The highest BCUT2D eigenvalue weighted by Crippen LogP contribution is 2.35. The van der Waals surface area contributed by atoms with Crippen LogP contribution < -0.4 is 15.8 Å². The van der Waals surface area contributed by atoms with Gasteiger partial charge in [-0.3, -0.25) is 4.79 Å². The Morgan fingerprint density at radius 3 is 2.53 bits per heavy atom. The van der Waals surface area contributed by atoms with Crippen molar-refractivity contribution < 1.29 is 37.7 Å². The molecule has 1 aliphatic rings. The zero-order valence-corrected chi connectivity index (χ0v) is 24.6. The summed E-state index contributed by atoms with van der Waals surface area (Å²) in [6, 6.07) is 12.4. The zero-order valence-electron chi connectivity index (χ0n) is 24.6. The molecule has 2 aromatic carbocycles. The summed E-state index contributed by atoms with van der Waals surface area (Å²) in [5, 5.41) is 16.4. The molecular formula is C32H37F2N5O6. The largest absolute Gasteiger partial charge is 0.477 e. The van der Waals surface area contributed by atoms with Crippen LogP contribution in [0.15, 0.2) is 54.7 Å². The number of carboxylic acid groups (broad SMARTS) is 1. The van der Waals surface area contributed by atoms with Crippen molar-refractivity contribution in [1.29, 1.82) is 0 Å². The van der Waals surface area contributed by atoms with Crippen LogP contribution in [0.1, 0.15) is 94.2 Å². The summed E-state index contributed by atoms with van der Waals surface area (Å²) in [5.41, 5.74) is 8.95. The van der Waals surface area contributed by atoms with Crippen LogP contribution in [-0.4, -0.2) is 49.8 Å². The number of halogens is 2. The van der Waals surface area contributed by atoms with Crippen molar-refractivity contribution in [2.75, 3.05) is 0 Å². The average Bonchev–Trinajstić information content (AvgIpc) is 3.59. The summed E-state index contributed by atoms with van der Waals surface area (Å²) in [6.45, 7) is 4.90. The van der Waals surface area contributed by atoms with E-state index in [0.717, 1.165) is 22.3 Å². The first-order valence-electron chi connectivity index (χ1n) is 13.8. The Bertz CT molecular complexity index is 1700. The molecular weight excluding hydrogens is 588 g/mol. The molecule has 4 N–H and O–H groups in total. The predicted molar refractivity (Wildman–Crippen MR) is 163 cm³/mol. The van der Waals surface area contributed by atoms with Crippen molar-refractivity contribution >= 4 is 23.5 Å². The lowest BCUT2D eigenvalue weighted by atomic mass is 9.97. The number of nitrogens with one attached hydrogen (secondary N) is 1. The molecule has 0 saturated carbocycles. The number of alkyl halides is 2. The van der Waals surface area contributed by atoms with Gasteiger partial charge in [-0.05, 0) is 81.0 Å². The van der Waals surface area contributed by atoms with E-state index < -0.39 is 24.1 Å². The van der Waals surface area contributed by atoms with E-state index >= 15 is 0 Å². The van der Waals surface area contributed by atoms with Gasteiger partial charge in [-0.15, -0.1) is 0 Å². The molecule has 0 aliphatic heterocycles. The van der Waals surface area contributed by atoms with E-state index in [1.54, 1.807) is 18.2 Å². The number of carbonyl (C=O) groups excluding carboxylic acids is 2. The Hall–Kier alpha value is -4.91. The van der Waals surface area contributed by atoms with E-state index in [0.29, 0.717) is 24.9 Å². The van der Waals surface area contributed by atoms with E-state index in [2.05, 4.69) is 20.1 Å². The van der Waals surface area contributed by atoms with Crippen molar-refractivity contribution in [3.8, 4) is 5.75 Å². The van der Waals surface area contributed by atoms with Crippen LogP contribution in [0.4, 0.5) is 8.78 Å². The second-order valence-corrected chi connectivity index (χ2v) is 11.0. The van der Waals surface area contributed by atoms with Gasteiger partial charge in [-0.25, -0.2) is 19.1 Å². The fourth-order valence-corrected chi connectivity index (χ4v) is 4.85. The minimum absolute atomic E-state index is 0. The molecule has 0 saturated heterocycles. The third-order valence-corrected chi connectivity index (χ3v) is 6.79. The molecule has 0 spiro atoms. The van der Waals surface area contributed by atoms with Crippen LogP contribution in [0.25, 0.3) is 5.65 Å². The standard InChI is InChI=1S/C23H24N4O5.C8H9F2NO.CH4/c1-12-13-7-8-16(15(13)6-5-14(12)22(31)32-23(2,3)4)26-20(28)18-11-17(21(29)30)25-19-9-10-24-27(18)19;9-8(10)12-7-3-1-2-6(4-7)5-11;/h5-6,9-11,16H,7-8H2,1-4H3,(H,26,28)(H,29,30);1-4,8H,5,11H2;1H4/t16-;;/m0../s1. The fourth-order valence-electron chi connectivity index (χ4n) is 4.85. The van der Waals surface area contributed by atoms with Gasteiger partial charge in [0.1, 0.15) is 17.0 Å². The number of hydrogen-bond donors (Lipinski definition) is 3. The minimum Gasteiger partial charge on any atom is -0.477 e. The smallest absolute Gasteiger partial charge is 0.387 e. The summed E-state index contributed by atoms with van der Waals surface area (Å²) in [7, 11) is 0. The molecule has 13 heteroatoms. The third kappa shape index (κ3) is 8.38. The zero-order chi connectivity index (χ0) is 32.2. The summed E-state index contributed by atoms with van der Waals surface area (Å²) in [5.74, 6) is -1.90. The minimum atomic E-state index is -2.78. The van der Waals surface area contributed by atoms with Crippen LogP contribution in [-0.2, 0) is 17.7 Å². The monoisotopic (exact) mass is 625 g/mol. The number of rotatable bonds is 7. The highest BCUT2D eigenvalue weighted by atomic mass is 19.3. The van der Waals surface area contributed by atoms with Gasteiger partial charge in [0.2, 0.25) is 0 Å². The van der Waals surface area contributed by atoms with E-state index in [9.17, 15) is 28.3 Å². The first-order chi connectivity index (χ1) is 20.8. The molecule has 240 valence electrons. The van der Waals surface area contributed by atoms with E-state index in [1.807, 2.05) is 33.8 Å². The quantitative estimate of drug-likeness (QED) is 0.226. The van der Waals surface area contributed by atoms with E-state index in [4.69, 9.17) is 10.5 Å². The molecule has 1 aliphatic carbocycles. The number of fused-ring (bicyclic) bond motifs is 2. The number of carbonyl (C=O) groups is 3. The maximum absolute atomic E-state index is 13.0. The van der Waals surface area contributed by atoms with Crippen molar-refractivity contribution in [3.63, 3.8) is 0 Å². The lowest BCUT2D eigenvalue weighted by molar-refractivity contribution is -0.0499. The fraction of sp³-hybridized carbons (Fsp3) is 0.344. The summed E-state index contributed by atoms with van der Waals surface area (Å²) in [6.07, 6.45) is 2.83. The predicted octanol–water partition coefficient (Wildman–Crippen LogP) is 5.49. The molecule has 0 fully saturated rings. The lowest BCUT2D eigenvalue weighted by Crippen LogP contribution is -2.29. The van der Waals surface area contributed by atoms with Crippen molar-refractivity contribution in [3.05, 3.63) is 93.9 Å². The topological polar surface area (TPSA) is 158 Å². The van der Waals surface area contributed by atoms with Gasteiger partial charge in [-0.2, -0.15) is 13.9 Å². The van der Waals surface area contributed by atoms with Gasteiger partial charge in [0, 0.05) is 18.7 Å². The third-order valence-electron chi connectivity index (χ3n) is 6.79. The van der Waals surface area contributed by atoms with E-state index in [1.165, 1.54) is 35.0 Å². The maximum atomic E-state index is 13.0. The van der Waals surface area contributed by atoms with Crippen molar-refractivity contribution in [2.24, 2.45) is 5.73 Å². The number of esters is 1. The Labute approximate surface area is 259 Å². The number of nitrogens with zero attached hydrogens (tertiary/aromatic N) is 3. The SMILES string of the molecule is C.Cc1c(C(=O)OC(C)(C)C)ccc2c1CC[C@@H]2NC(=O)c1cc(C(=O)O)nc2ccnn12.NCc1cccc(OC(F)F)c1. The van der Waals surface area contributed by atoms with Gasteiger partial charge >= 0.3 is 18.6 Å². The lowest BCUT2D eigenvalue weighted by Gasteiger charge is -2.21. The maximum Gasteiger partial charge on any atom is 0.387 e. The second-order valence-electron chi connectivity index (χ2n) is 11.0. The van der Waals surface area contributed by atoms with Crippen LogP contribution in [0.3, 0.4) is 0 Å². The Morgan fingerprint density at radius 2 is 1.89 bits per heavy atom. The molecule has 2 aromatic heterocycles. The number of aromatic carboxylic acids is 1. The molecule has 1 atom stereocenters. The number of carboxylic acids is 1. The number of aromatic nitrogens is 3. The summed E-state index contributed by atoms with van der Waals surface area (Å²) >= 11 is 0. The highest BCUT2D eigenvalue weighted by molar-refractivity contribution is 5.96. The number of hydrogen-bond acceptors (Lipinski definition) is 8. The Morgan fingerprint density at radius 1 is 1.16 bits per heavy atom. The molecule has 0 bridgehead atoms. The number of benzene rings is 2. The van der Waals surface area contributed by atoms with Crippen LogP contribution in [0.5, 0.6) is 5.75 Å². The molecule has 0 unspecified atom stereocenters. The summed E-state index contributed by atoms with van der Waals surface area (Å²) < 4.78 is 34.4. The first-order valence-corrected chi connectivity index (χ1v) is 13.8. The second kappa shape index (κ2) is 14.2. The molecule has 5 rings (SSSR count). The molecule has 4 aromatic rings. The van der Waals surface area contributed by atoms with Gasteiger partial charge in [-0.1, -0.05) is 25.6 Å². The molecule has 2 heterocycles. The summed E-state index contributed by atoms with van der Waals surface area (Å²) in [4.78, 5) is 41.0. The number of nitrogens with two attached hydrogens (primary N) is 1. The number of amides is 1. The van der Waals surface area contributed by atoms with E-state index in [-0.39, 0.29) is 42.2 Å². The van der Waals surface area contributed by atoms with Crippen molar-refractivity contribution in [2.45, 2.75) is 72.8 Å².